The van der Waals surface area contributed by atoms with E-state index in [9.17, 15) is 13.2 Å². The van der Waals surface area contributed by atoms with Crippen molar-refractivity contribution in [3.8, 4) is 0 Å². The number of carbonyl (C=O) groups excluding carboxylic acids is 1. The fourth-order valence-electron chi connectivity index (χ4n) is 3.66. The van der Waals surface area contributed by atoms with Crippen LogP contribution >= 0.6 is 0 Å². The van der Waals surface area contributed by atoms with E-state index in [4.69, 9.17) is 4.74 Å². The van der Waals surface area contributed by atoms with Crippen molar-refractivity contribution in [2.75, 3.05) is 13.2 Å². The van der Waals surface area contributed by atoms with E-state index in [0.29, 0.717) is 18.1 Å². The van der Waals surface area contributed by atoms with Crippen molar-refractivity contribution in [2.45, 2.75) is 62.5 Å². The van der Waals surface area contributed by atoms with Crippen LogP contribution in [0.25, 0.3) is 0 Å². The molecule has 1 heterocycles. The Morgan fingerprint density at radius 1 is 1.12 bits per heavy atom. The molecule has 0 bridgehead atoms. The lowest BCUT2D eigenvalue weighted by molar-refractivity contribution is 0.0910. The van der Waals surface area contributed by atoms with Gasteiger partial charge in [-0.05, 0) is 55.9 Å². The van der Waals surface area contributed by atoms with Gasteiger partial charge in [-0.15, -0.1) is 0 Å². The first-order chi connectivity index (χ1) is 12.5. The van der Waals surface area contributed by atoms with Crippen molar-refractivity contribution in [1.82, 2.24) is 10.0 Å². The summed E-state index contributed by atoms with van der Waals surface area (Å²) in [6, 6.07) is 6.31. The number of carbonyl (C=O) groups is 1. The Labute approximate surface area is 155 Å². The third kappa shape index (κ3) is 4.84. The molecule has 1 aromatic rings. The quantitative estimate of drug-likeness (QED) is 0.794. The minimum absolute atomic E-state index is 0.0488. The highest BCUT2D eigenvalue weighted by Crippen LogP contribution is 2.24. The maximum atomic E-state index is 12.4. The van der Waals surface area contributed by atoms with Crippen molar-refractivity contribution >= 4 is 15.9 Å². The lowest BCUT2D eigenvalue weighted by Crippen LogP contribution is -2.41. The van der Waals surface area contributed by atoms with Gasteiger partial charge >= 0.3 is 0 Å². The summed E-state index contributed by atoms with van der Waals surface area (Å²) in [7, 11) is -3.59. The average molecular weight is 381 g/mol. The van der Waals surface area contributed by atoms with Crippen LogP contribution < -0.4 is 10.0 Å². The Balaban J connectivity index is 1.58. The van der Waals surface area contributed by atoms with Gasteiger partial charge in [0.2, 0.25) is 10.0 Å². The van der Waals surface area contributed by atoms with E-state index >= 15 is 0 Å². The number of benzene rings is 1. The Morgan fingerprint density at radius 2 is 1.85 bits per heavy atom. The van der Waals surface area contributed by atoms with E-state index in [2.05, 4.69) is 17.0 Å². The molecule has 1 saturated heterocycles. The zero-order valence-electron chi connectivity index (χ0n) is 15.2. The Kier molecular flexibility index (Phi) is 6.32. The molecule has 1 saturated carbocycles. The molecule has 1 aliphatic heterocycles. The highest BCUT2D eigenvalue weighted by molar-refractivity contribution is 7.89. The molecule has 6 nitrogen and oxygen atoms in total. The van der Waals surface area contributed by atoms with Gasteiger partial charge in [0.15, 0.2) is 0 Å². The second-order valence-electron chi connectivity index (χ2n) is 7.35. The molecule has 3 rings (SSSR count). The first kappa shape index (κ1) is 19.3. The fourth-order valence-corrected chi connectivity index (χ4v) is 4.73. The van der Waals surface area contributed by atoms with Gasteiger partial charge in [0.1, 0.15) is 0 Å². The summed E-state index contributed by atoms with van der Waals surface area (Å²) >= 11 is 0. The van der Waals surface area contributed by atoms with Gasteiger partial charge in [0.25, 0.3) is 5.91 Å². The summed E-state index contributed by atoms with van der Waals surface area (Å²) in [5.41, 5.74) is 0.487. The van der Waals surface area contributed by atoms with Crippen LogP contribution in [0.1, 0.15) is 55.8 Å². The van der Waals surface area contributed by atoms with Crippen LogP contribution in [0.5, 0.6) is 0 Å². The predicted molar refractivity (Wildman–Crippen MR) is 99.5 cm³/mol. The smallest absolute Gasteiger partial charge is 0.251 e. The van der Waals surface area contributed by atoms with Crippen LogP contribution in [0.3, 0.4) is 0 Å². The lowest BCUT2D eigenvalue weighted by Gasteiger charge is -2.29. The number of nitrogens with one attached hydrogen (secondary N) is 2. The summed E-state index contributed by atoms with van der Waals surface area (Å²) in [4.78, 5) is 12.6. The standard InChI is InChI=1S/C19H28N2O4S/c1-14-5-2-3-7-18(14)21-19(22)15-8-10-17(11-9-15)26(23,24)20-13-16-6-4-12-25-16/h8-11,14,16,18,20H,2-7,12-13H2,1H3,(H,21,22)/t14-,16-,18+/m0/s1. The summed E-state index contributed by atoms with van der Waals surface area (Å²) in [6.07, 6.45) is 6.30. The van der Waals surface area contributed by atoms with Gasteiger partial charge in [-0.3, -0.25) is 4.79 Å². The van der Waals surface area contributed by atoms with Crippen LogP contribution in [-0.2, 0) is 14.8 Å². The topological polar surface area (TPSA) is 84.5 Å². The Bertz CT molecular complexity index is 712. The zero-order chi connectivity index (χ0) is 18.6. The number of ether oxygens (including phenoxy) is 1. The average Bonchev–Trinajstić information content (AvgIpc) is 3.16. The second-order valence-corrected chi connectivity index (χ2v) is 9.12. The van der Waals surface area contributed by atoms with Gasteiger partial charge in [0, 0.05) is 24.8 Å². The van der Waals surface area contributed by atoms with Gasteiger partial charge in [0.05, 0.1) is 11.0 Å². The summed E-state index contributed by atoms with van der Waals surface area (Å²) < 4.78 is 32.7. The van der Waals surface area contributed by atoms with Crippen molar-refractivity contribution in [2.24, 2.45) is 5.92 Å². The van der Waals surface area contributed by atoms with E-state index in [1.807, 2.05) is 0 Å². The number of sulfonamides is 1. The Hall–Kier alpha value is -1.44. The fraction of sp³-hybridized carbons (Fsp3) is 0.632. The van der Waals surface area contributed by atoms with Gasteiger partial charge in [-0.1, -0.05) is 19.8 Å². The zero-order valence-corrected chi connectivity index (χ0v) is 16.1. The molecule has 1 aliphatic carbocycles. The molecule has 0 unspecified atom stereocenters. The van der Waals surface area contributed by atoms with Crippen LogP contribution in [-0.4, -0.2) is 39.6 Å². The van der Waals surface area contributed by atoms with Crippen molar-refractivity contribution in [3.05, 3.63) is 29.8 Å². The van der Waals surface area contributed by atoms with Crippen molar-refractivity contribution in [1.29, 1.82) is 0 Å². The molecule has 2 aliphatic rings. The summed E-state index contributed by atoms with van der Waals surface area (Å²) in [5.74, 6) is 0.342. The largest absolute Gasteiger partial charge is 0.377 e. The van der Waals surface area contributed by atoms with Crippen LogP contribution in [0.2, 0.25) is 0 Å². The molecule has 3 atom stereocenters. The lowest BCUT2D eigenvalue weighted by atomic mass is 9.86. The van der Waals surface area contributed by atoms with E-state index in [1.54, 1.807) is 12.1 Å². The second kappa shape index (κ2) is 8.50. The van der Waals surface area contributed by atoms with E-state index in [0.717, 1.165) is 32.1 Å². The number of hydrogen-bond donors (Lipinski definition) is 2. The first-order valence-electron chi connectivity index (χ1n) is 9.48. The van der Waals surface area contributed by atoms with Gasteiger partial charge in [-0.25, -0.2) is 13.1 Å². The Morgan fingerprint density at radius 3 is 2.50 bits per heavy atom. The van der Waals surface area contributed by atoms with Gasteiger partial charge < -0.3 is 10.1 Å². The molecular weight excluding hydrogens is 352 g/mol. The van der Waals surface area contributed by atoms with Crippen molar-refractivity contribution in [3.63, 3.8) is 0 Å². The predicted octanol–water partition coefficient (Wildman–Crippen LogP) is 2.45. The van der Waals surface area contributed by atoms with E-state index in [1.165, 1.54) is 18.6 Å². The van der Waals surface area contributed by atoms with E-state index in [-0.39, 0.29) is 29.5 Å². The van der Waals surface area contributed by atoms with Crippen LogP contribution in [0.4, 0.5) is 0 Å². The highest BCUT2D eigenvalue weighted by Gasteiger charge is 2.24. The molecule has 2 fully saturated rings. The number of rotatable bonds is 6. The van der Waals surface area contributed by atoms with E-state index < -0.39 is 10.0 Å². The SMILES string of the molecule is C[C@H]1CCCC[C@H]1NC(=O)c1ccc(S(=O)(=O)NC[C@@H]2CCCO2)cc1. The molecule has 0 radical (unpaired) electrons. The third-order valence-corrected chi connectivity index (χ3v) is 6.82. The van der Waals surface area contributed by atoms with Crippen molar-refractivity contribution < 1.29 is 17.9 Å². The summed E-state index contributed by atoms with van der Waals surface area (Å²) in [6.45, 7) is 3.14. The maximum absolute atomic E-state index is 12.4. The number of amides is 1. The number of hydrogen-bond acceptors (Lipinski definition) is 4. The minimum atomic E-state index is -3.59. The highest BCUT2D eigenvalue weighted by atomic mass is 32.2. The molecule has 26 heavy (non-hydrogen) atoms. The molecular formula is C19H28N2O4S. The van der Waals surface area contributed by atoms with Gasteiger partial charge in [-0.2, -0.15) is 0 Å². The maximum Gasteiger partial charge on any atom is 0.251 e. The summed E-state index contributed by atoms with van der Waals surface area (Å²) in [5, 5.41) is 3.08. The molecule has 1 amide bonds. The molecule has 7 heteroatoms. The molecule has 144 valence electrons. The monoisotopic (exact) mass is 380 g/mol. The third-order valence-electron chi connectivity index (χ3n) is 5.38. The minimum Gasteiger partial charge on any atom is -0.377 e. The normalized spacial score (nSPS) is 26.6. The molecule has 1 aromatic carbocycles. The van der Waals surface area contributed by atoms with Crippen LogP contribution in [0, 0.1) is 5.92 Å². The van der Waals surface area contributed by atoms with Crippen LogP contribution in [0.15, 0.2) is 29.2 Å². The molecule has 0 aromatic heterocycles. The first-order valence-corrected chi connectivity index (χ1v) is 11.0. The molecule has 0 spiro atoms. The molecule has 2 N–H and O–H groups in total.